The van der Waals surface area contributed by atoms with Gasteiger partial charge in [0.25, 0.3) is 0 Å². The number of ether oxygens (including phenoxy) is 1. The van der Waals surface area contributed by atoms with Crippen LogP contribution in [0.4, 0.5) is 5.69 Å². The van der Waals surface area contributed by atoms with Gasteiger partial charge in [0.05, 0.1) is 11.3 Å². The smallest absolute Gasteiger partial charge is 0.227 e. The quantitative estimate of drug-likeness (QED) is 0.158. The molecule has 1 aliphatic heterocycles. The normalized spacial score (nSPS) is 18.5. The molecule has 9 rings (SSSR count). The molecule has 51 heavy (non-hydrogen) atoms. The molecule has 0 atom stereocenters. The van der Waals surface area contributed by atoms with Crippen LogP contribution >= 0.6 is 0 Å². The van der Waals surface area contributed by atoms with Crippen LogP contribution in [-0.2, 0) is 15.6 Å². The molecule has 5 heteroatoms. The average Bonchev–Trinajstić information content (AvgIpc) is 3.88. The van der Waals surface area contributed by atoms with E-state index in [1.54, 1.807) is 6.08 Å². The number of nitrogens with zero attached hydrogens (tertiary/aromatic N) is 1. The monoisotopic (exact) mass is 672 g/mol. The molecular formula is C46H44N2O3. The van der Waals surface area contributed by atoms with Crippen LogP contribution in [-0.4, -0.2) is 10.8 Å². The van der Waals surface area contributed by atoms with Crippen LogP contribution in [0.1, 0.15) is 107 Å². The minimum atomic E-state index is -0.143. The molecule has 0 radical (unpaired) electrons. The Bertz CT molecular complexity index is 2340. The lowest BCUT2D eigenvalue weighted by atomic mass is 9.71. The van der Waals surface area contributed by atoms with Crippen LogP contribution in [0.3, 0.4) is 0 Å². The van der Waals surface area contributed by atoms with Crippen molar-refractivity contribution in [2.75, 3.05) is 5.32 Å². The number of carbonyl (C=O) groups excluding carboxylic acids is 1. The molecule has 2 heterocycles. The zero-order valence-corrected chi connectivity index (χ0v) is 30.0. The zero-order valence-electron chi connectivity index (χ0n) is 30.0. The van der Waals surface area contributed by atoms with Gasteiger partial charge in [-0.1, -0.05) is 102 Å². The first-order chi connectivity index (χ1) is 24.9. The van der Waals surface area contributed by atoms with Gasteiger partial charge in [-0.15, -0.1) is 0 Å². The molecule has 256 valence electrons. The second-order valence-corrected chi connectivity index (χ2v) is 14.8. The van der Waals surface area contributed by atoms with Gasteiger partial charge in [0.1, 0.15) is 5.52 Å². The maximum absolute atomic E-state index is 13.7. The van der Waals surface area contributed by atoms with Gasteiger partial charge in [-0.25, -0.2) is 4.98 Å². The van der Waals surface area contributed by atoms with Gasteiger partial charge < -0.3 is 14.5 Å². The summed E-state index contributed by atoms with van der Waals surface area (Å²) in [5, 5.41) is 3.44. The molecule has 1 aromatic heterocycles. The van der Waals surface area contributed by atoms with Crippen LogP contribution in [0.5, 0.6) is 5.75 Å². The highest BCUT2D eigenvalue weighted by Crippen LogP contribution is 2.57. The topological polar surface area (TPSA) is 64.4 Å². The molecule has 0 saturated carbocycles. The predicted molar refractivity (Wildman–Crippen MR) is 206 cm³/mol. The standard InChI is InChI=1S/C46H44N2O3/c1-5-19-45(20-6-2)34-15-11-9-13-29(34)32-24-38-41(26-36(32)45)50-43(47-38)28-17-18-31(40(49)23-28)44-48-39-25-33-30-14-10-12-16-35(30)46(21-7-3,22-8-4)37(33)27-42(39)51-44/h9-18,23-27,48H,5-8,19-22H2,1-4H3/b44-31+. The summed E-state index contributed by atoms with van der Waals surface area (Å²) in [6.07, 6.45) is 14.1. The highest BCUT2D eigenvalue weighted by molar-refractivity contribution is 6.13. The fourth-order valence-electron chi connectivity index (χ4n) is 9.92. The summed E-state index contributed by atoms with van der Waals surface area (Å²) in [5.41, 5.74) is 14.1. The summed E-state index contributed by atoms with van der Waals surface area (Å²) < 4.78 is 12.9. The van der Waals surface area contributed by atoms with Gasteiger partial charge in [0.2, 0.25) is 11.8 Å². The summed E-state index contributed by atoms with van der Waals surface area (Å²) in [7, 11) is 0. The Labute approximate surface area is 300 Å². The maximum Gasteiger partial charge on any atom is 0.227 e. The second-order valence-electron chi connectivity index (χ2n) is 14.8. The summed E-state index contributed by atoms with van der Waals surface area (Å²) in [6.45, 7) is 9.08. The van der Waals surface area contributed by atoms with E-state index in [-0.39, 0.29) is 16.6 Å². The SMILES string of the molecule is CCCC1(CCC)c2ccccc2-c2cc3c(cc21)O/C(=C1\C=CC(c2nc4cc5c(cc4o2)C(CCC)(CCC)c2ccccc2-5)=CC1=O)N3. The predicted octanol–water partition coefficient (Wildman–Crippen LogP) is 11.8. The third kappa shape index (κ3) is 4.59. The first-order valence-electron chi connectivity index (χ1n) is 18.9. The Kier molecular flexibility index (Phi) is 7.46. The van der Waals surface area contributed by atoms with Crippen molar-refractivity contribution in [1.82, 2.24) is 4.98 Å². The van der Waals surface area contributed by atoms with Crippen molar-refractivity contribution in [3.8, 4) is 28.0 Å². The van der Waals surface area contributed by atoms with Crippen LogP contribution in [0.25, 0.3) is 38.9 Å². The van der Waals surface area contributed by atoms with Crippen LogP contribution in [0.15, 0.2) is 107 Å². The Morgan fingerprint density at radius 1 is 0.667 bits per heavy atom. The van der Waals surface area contributed by atoms with Crippen LogP contribution < -0.4 is 10.1 Å². The fraction of sp³-hybridized carbons (Fsp3) is 0.304. The van der Waals surface area contributed by atoms with Crippen molar-refractivity contribution in [1.29, 1.82) is 0 Å². The van der Waals surface area contributed by atoms with Crippen molar-refractivity contribution >= 4 is 28.1 Å². The number of rotatable bonds is 9. The summed E-state index contributed by atoms with van der Waals surface area (Å²) in [6, 6.07) is 26.5. The number of hydrogen-bond donors (Lipinski definition) is 1. The molecule has 0 spiro atoms. The Morgan fingerprint density at radius 3 is 1.86 bits per heavy atom. The van der Waals surface area contributed by atoms with E-state index >= 15 is 0 Å². The first kappa shape index (κ1) is 31.8. The van der Waals surface area contributed by atoms with E-state index in [0.717, 1.165) is 73.9 Å². The average molecular weight is 673 g/mol. The number of carbonyl (C=O) groups is 1. The molecule has 1 N–H and O–H groups in total. The van der Waals surface area contributed by atoms with Crippen LogP contribution in [0.2, 0.25) is 0 Å². The lowest BCUT2D eigenvalue weighted by Gasteiger charge is -2.32. The molecule has 4 aromatic carbocycles. The first-order valence-corrected chi connectivity index (χ1v) is 18.9. The van der Waals surface area contributed by atoms with Gasteiger partial charge in [-0.2, -0.15) is 0 Å². The van der Waals surface area contributed by atoms with E-state index in [4.69, 9.17) is 14.1 Å². The largest absolute Gasteiger partial charge is 0.438 e. The number of fused-ring (bicyclic) bond motifs is 8. The molecule has 5 nitrogen and oxygen atoms in total. The van der Waals surface area contributed by atoms with E-state index in [1.165, 1.54) is 44.5 Å². The molecule has 3 aliphatic carbocycles. The number of allylic oxidation sites excluding steroid dienone is 5. The van der Waals surface area contributed by atoms with Crippen molar-refractivity contribution in [3.05, 3.63) is 131 Å². The van der Waals surface area contributed by atoms with E-state index in [9.17, 15) is 4.79 Å². The molecular weight excluding hydrogens is 629 g/mol. The van der Waals surface area contributed by atoms with Gasteiger partial charge in [0.15, 0.2) is 17.1 Å². The van der Waals surface area contributed by atoms with Crippen molar-refractivity contribution in [2.45, 2.75) is 89.9 Å². The van der Waals surface area contributed by atoms with E-state index in [2.05, 4.69) is 106 Å². The zero-order chi connectivity index (χ0) is 34.9. The summed E-state index contributed by atoms with van der Waals surface area (Å²) in [5.74, 6) is 1.54. The molecule has 0 saturated heterocycles. The molecule has 0 bridgehead atoms. The number of anilines is 1. The van der Waals surface area contributed by atoms with Crippen molar-refractivity contribution in [3.63, 3.8) is 0 Å². The third-order valence-electron chi connectivity index (χ3n) is 11.8. The number of hydrogen-bond acceptors (Lipinski definition) is 5. The summed E-state index contributed by atoms with van der Waals surface area (Å²) >= 11 is 0. The van der Waals surface area contributed by atoms with Gasteiger partial charge in [-0.3, -0.25) is 4.79 Å². The highest BCUT2D eigenvalue weighted by Gasteiger charge is 2.44. The van der Waals surface area contributed by atoms with Gasteiger partial charge in [-0.05, 0) is 113 Å². The van der Waals surface area contributed by atoms with Crippen molar-refractivity contribution in [2.24, 2.45) is 0 Å². The van der Waals surface area contributed by atoms with E-state index < -0.39 is 0 Å². The Hall–Kier alpha value is -5.16. The summed E-state index contributed by atoms with van der Waals surface area (Å²) in [4.78, 5) is 18.6. The number of nitrogens with one attached hydrogen (secondary N) is 1. The molecule has 0 fully saturated rings. The number of aromatic nitrogens is 1. The fourth-order valence-corrected chi connectivity index (χ4v) is 9.92. The second kappa shape index (κ2) is 12.0. The van der Waals surface area contributed by atoms with E-state index in [1.807, 2.05) is 12.2 Å². The Morgan fingerprint density at radius 2 is 1.25 bits per heavy atom. The number of ketones is 1. The lowest BCUT2D eigenvalue weighted by Crippen LogP contribution is -2.24. The third-order valence-corrected chi connectivity index (χ3v) is 11.8. The van der Waals surface area contributed by atoms with Gasteiger partial charge >= 0.3 is 0 Å². The van der Waals surface area contributed by atoms with E-state index in [0.29, 0.717) is 22.9 Å². The minimum Gasteiger partial charge on any atom is -0.438 e. The number of oxazole rings is 1. The molecule has 0 amide bonds. The van der Waals surface area contributed by atoms with Gasteiger partial charge in [0, 0.05) is 16.4 Å². The molecule has 5 aromatic rings. The number of benzene rings is 4. The van der Waals surface area contributed by atoms with Crippen LogP contribution in [0, 0.1) is 0 Å². The van der Waals surface area contributed by atoms with Crippen molar-refractivity contribution < 1.29 is 13.9 Å². The molecule has 4 aliphatic rings. The lowest BCUT2D eigenvalue weighted by molar-refractivity contribution is -0.111. The Balaban J connectivity index is 1.04. The maximum atomic E-state index is 13.7. The minimum absolute atomic E-state index is 0.0273. The highest BCUT2D eigenvalue weighted by atomic mass is 16.5. The molecule has 0 unspecified atom stereocenters.